The van der Waals surface area contributed by atoms with Crippen molar-refractivity contribution in [3.8, 4) is 5.75 Å². The molecule has 1 aromatic carbocycles. The first-order chi connectivity index (χ1) is 7.41. The van der Waals surface area contributed by atoms with Crippen LogP contribution in [-0.4, -0.2) is 23.1 Å². The largest absolute Gasteiger partial charge is 0.504 e. The molecule has 0 fully saturated rings. The van der Waals surface area contributed by atoms with E-state index in [1.54, 1.807) is 19.1 Å². The number of aromatic nitrogens is 1. The third-order valence-corrected chi connectivity index (χ3v) is 3.18. The molecule has 0 radical (unpaired) electrons. The molecule has 0 aliphatic heterocycles. The highest BCUT2D eigenvalue weighted by Crippen LogP contribution is 2.32. The minimum atomic E-state index is -4.44. The lowest BCUT2D eigenvalue weighted by atomic mass is 10.1. The fourth-order valence-corrected chi connectivity index (χ4v) is 2.24. The molecule has 0 atom stereocenters. The van der Waals surface area contributed by atoms with Gasteiger partial charge in [-0.2, -0.15) is 8.42 Å². The molecule has 2 aromatic rings. The van der Waals surface area contributed by atoms with Crippen molar-refractivity contribution in [2.45, 2.75) is 11.8 Å². The van der Waals surface area contributed by atoms with Crippen LogP contribution in [0.25, 0.3) is 10.9 Å². The normalized spacial score (nSPS) is 11.9. The van der Waals surface area contributed by atoms with Crippen LogP contribution in [0.4, 0.5) is 0 Å². The Morgan fingerprint density at radius 1 is 1.38 bits per heavy atom. The maximum absolute atomic E-state index is 11.0. The van der Waals surface area contributed by atoms with Crippen LogP contribution in [0.1, 0.15) is 5.56 Å². The predicted molar refractivity (Wildman–Crippen MR) is 58.0 cm³/mol. The average Bonchev–Trinajstić information content (AvgIpc) is 2.22. The standard InChI is InChI=1S/C10H9NO4S/c1-6-5-8(16(13,14)15)10(12)9-7(6)3-2-4-11-9/h2-5,12H,1H3,(H,13,14,15). The van der Waals surface area contributed by atoms with Gasteiger partial charge < -0.3 is 5.11 Å². The summed E-state index contributed by atoms with van der Waals surface area (Å²) in [5.74, 6) is -0.524. The van der Waals surface area contributed by atoms with Crippen LogP contribution < -0.4 is 0 Å². The molecule has 5 nitrogen and oxygen atoms in total. The van der Waals surface area contributed by atoms with E-state index >= 15 is 0 Å². The number of aromatic hydroxyl groups is 1. The van der Waals surface area contributed by atoms with Crippen molar-refractivity contribution in [1.82, 2.24) is 4.98 Å². The molecule has 0 saturated carbocycles. The van der Waals surface area contributed by atoms with Crippen molar-refractivity contribution in [2.24, 2.45) is 0 Å². The summed E-state index contributed by atoms with van der Waals surface area (Å²) in [4.78, 5) is 3.37. The van der Waals surface area contributed by atoms with Gasteiger partial charge in [0.2, 0.25) is 0 Å². The van der Waals surface area contributed by atoms with Crippen molar-refractivity contribution >= 4 is 21.0 Å². The van der Waals surface area contributed by atoms with E-state index in [1.807, 2.05) is 0 Å². The second kappa shape index (κ2) is 3.43. The number of hydrogen-bond acceptors (Lipinski definition) is 4. The summed E-state index contributed by atoms with van der Waals surface area (Å²) < 4.78 is 31.0. The van der Waals surface area contributed by atoms with Gasteiger partial charge >= 0.3 is 0 Å². The van der Waals surface area contributed by atoms with E-state index in [0.717, 1.165) is 0 Å². The molecule has 2 rings (SSSR count). The van der Waals surface area contributed by atoms with E-state index < -0.39 is 20.8 Å². The number of fused-ring (bicyclic) bond motifs is 1. The van der Waals surface area contributed by atoms with Crippen LogP contribution in [0.3, 0.4) is 0 Å². The summed E-state index contributed by atoms with van der Waals surface area (Å²) >= 11 is 0. The first-order valence-electron chi connectivity index (χ1n) is 4.46. The number of benzene rings is 1. The molecule has 0 spiro atoms. The van der Waals surface area contributed by atoms with Gasteiger partial charge in [0.15, 0.2) is 5.75 Å². The molecule has 0 unspecified atom stereocenters. The molecule has 0 aliphatic carbocycles. The molecule has 0 saturated heterocycles. The van der Waals surface area contributed by atoms with Crippen LogP contribution in [0.15, 0.2) is 29.3 Å². The van der Waals surface area contributed by atoms with E-state index in [1.165, 1.54) is 12.3 Å². The first kappa shape index (κ1) is 10.8. The van der Waals surface area contributed by atoms with Gasteiger partial charge in [0.25, 0.3) is 10.1 Å². The van der Waals surface area contributed by atoms with Crippen molar-refractivity contribution in [3.05, 3.63) is 30.0 Å². The van der Waals surface area contributed by atoms with Crippen molar-refractivity contribution in [2.75, 3.05) is 0 Å². The number of nitrogens with zero attached hydrogens (tertiary/aromatic N) is 1. The van der Waals surface area contributed by atoms with Crippen molar-refractivity contribution < 1.29 is 18.1 Å². The molecule has 0 bridgehead atoms. The second-order valence-corrected chi connectivity index (χ2v) is 4.80. The van der Waals surface area contributed by atoms with E-state index in [4.69, 9.17) is 4.55 Å². The van der Waals surface area contributed by atoms with Crippen LogP contribution >= 0.6 is 0 Å². The maximum atomic E-state index is 11.0. The zero-order chi connectivity index (χ0) is 11.9. The quantitative estimate of drug-likeness (QED) is 0.736. The lowest BCUT2D eigenvalue weighted by Crippen LogP contribution is -2.00. The molecule has 84 valence electrons. The van der Waals surface area contributed by atoms with Gasteiger partial charge in [-0.05, 0) is 24.6 Å². The second-order valence-electron chi connectivity index (χ2n) is 3.41. The molecule has 16 heavy (non-hydrogen) atoms. The highest BCUT2D eigenvalue weighted by molar-refractivity contribution is 7.86. The molecule has 6 heteroatoms. The monoisotopic (exact) mass is 239 g/mol. The predicted octanol–water partition coefficient (Wildman–Crippen LogP) is 1.50. The highest BCUT2D eigenvalue weighted by Gasteiger charge is 2.19. The van der Waals surface area contributed by atoms with E-state index in [9.17, 15) is 13.5 Å². The van der Waals surface area contributed by atoms with Crippen molar-refractivity contribution in [1.29, 1.82) is 0 Å². The van der Waals surface area contributed by atoms with Gasteiger partial charge in [0.1, 0.15) is 10.4 Å². The first-order valence-corrected chi connectivity index (χ1v) is 5.90. The van der Waals surface area contributed by atoms with Gasteiger partial charge in [-0.1, -0.05) is 6.07 Å². The van der Waals surface area contributed by atoms with E-state index in [0.29, 0.717) is 10.9 Å². The van der Waals surface area contributed by atoms with Crippen LogP contribution in [-0.2, 0) is 10.1 Å². The Labute approximate surface area is 92.1 Å². The Balaban J connectivity index is 2.97. The summed E-state index contributed by atoms with van der Waals surface area (Å²) in [5.41, 5.74) is 0.781. The topological polar surface area (TPSA) is 87.5 Å². The van der Waals surface area contributed by atoms with Gasteiger partial charge in [0.05, 0.1) is 0 Å². The van der Waals surface area contributed by atoms with Crippen LogP contribution in [0, 0.1) is 6.92 Å². The summed E-state index contributed by atoms with van der Waals surface area (Å²) in [6.07, 6.45) is 1.44. The lowest BCUT2D eigenvalue weighted by molar-refractivity contribution is 0.447. The summed E-state index contributed by atoms with van der Waals surface area (Å²) in [7, 11) is -4.44. The van der Waals surface area contributed by atoms with Crippen molar-refractivity contribution in [3.63, 3.8) is 0 Å². The summed E-state index contributed by atoms with van der Waals surface area (Å²) in [5, 5.41) is 10.4. The average molecular weight is 239 g/mol. The highest BCUT2D eigenvalue weighted by atomic mass is 32.2. The minimum absolute atomic E-state index is 0.162. The fourth-order valence-electron chi connectivity index (χ4n) is 1.57. The zero-order valence-corrected chi connectivity index (χ0v) is 9.19. The Morgan fingerprint density at radius 3 is 2.69 bits per heavy atom. The Morgan fingerprint density at radius 2 is 2.06 bits per heavy atom. The van der Waals surface area contributed by atoms with E-state index in [-0.39, 0.29) is 5.52 Å². The third kappa shape index (κ3) is 1.62. The van der Waals surface area contributed by atoms with Crippen LogP contribution in [0.5, 0.6) is 5.75 Å². The van der Waals surface area contributed by atoms with Crippen LogP contribution in [0.2, 0.25) is 0 Å². The molecule has 0 amide bonds. The lowest BCUT2D eigenvalue weighted by Gasteiger charge is -2.07. The molecule has 1 aromatic heterocycles. The summed E-state index contributed by atoms with van der Waals surface area (Å²) in [6, 6.07) is 4.61. The number of phenols is 1. The number of pyridine rings is 1. The van der Waals surface area contributed by atoms with E-state index in [2.05, 4.69) is 4.98 Å². The molecular formula is C10H9NO4S. The fraction of sp³-hybridized carbons (Fsp3) is 0.100. The Kier molecular flexibility index (Phi) is 2.32. The third-order valence-electron chi connectivity index (χ3n) is 2.32. The zero-order valence-electron chi connectivity index (χ0n) is 8.38. The SMILES string of the molecule is Cc1cc(S(=O)(=O)O)c(O)c2ncccc12. The van der Waals surface area contributed by atoms with Gasteiger partial charge in [0, 0.05) is 11.6 Å². The number of phenolic OH excluding ortho intramolecular Hbond substituents is 1. The molecule has 2 N–H and O–H groups in total. The van der Waals surface area contributed by atoms with Gasteiger partial charge in [-0.3, -0.25) is 9.54 Å². The molecular weight excluding hydrogens is 230 g/mol. The Hall–Kier alpha value is -1.66. The number of hydrogen-bond donors (Lipinski definition) is 2. The minimum Gasteiger partial charge on any atom is -0.504 e. The molecule has 1 heterocycles. The number of aryl methyl sites for hydroxylation is 1. The van der Waals surface area contributed by atoms with Gasteiger partial charge in [-0.25, -0.2) is 0 Å². The smallest absolute Gasteiger partial charge is 0.298 e. The Bertz CT molecular complexity index is 664. The summed E-state index contributed by atoms with van der Waals surface area (Å²) in [6.45, 7) is 1.68. The number of rotatable bonds is 1. The van der Waals surface area contributed by atoms with Gasteiger partial charge in [-0.15, -0.1) is 0 Å². The molecule has 0 aliphatic rings. The maximum Gasteiger partial charge on any atom is 0.298 e.